The molecule has 1 rings (SSSR count). The first-order valence-corrected chi connectivity index (χ1v) is 6.94. The van der Waals surface area contributed by atoms with Gasteiger partial charge in [-0.3, -0.25) is 0 Å². The Labute approximate surface area is 101 Å². The van der Waals surface area contributed by atoms with Gasteiger partial charge in [0.05, 0.1) is 25.5 Å². The maximum absolute atomic E-state index is 12.7. The average Bonchev–Trinajstić information content (AvgIpc) is 2.25. The van der Waals surface area contributed by atoms with Crippen molar-refractivity contribution >= 4 is 10.0 Å². The van der Waals surface area contributed by atoms with Crippen molar-refractivity contribution in [3.05, 3.63) is 30.1 Å². The zero-order valence-electron chi connectivity index (χ0n) is 10.0. The number of nitrogens with one attached hydrogen (secondary N) is 2. The van der Waals surface area contributed by atoms with Crippen LogP contribution in [0, 0.1) is 5.82 Å². The Hall–Kier alpha value is -0.980. The topological polar surface area (TPSA) is 50.6 Å². The van der Waals surface area contributed by atoms with Crippen molar-refractivity contribution < 1.29 is 17.7 Å². The van der Waals surface area contributed by atoms with Crippen LogP contribution in [-0.2, 0) is 10.0 Å². The molecule has 17 heavy (non-hydrogen) atoms. The van der Waals surface area contributed by atoms with Gasteiger partial charge in [0.15, 0.2) is 0 Å². The molecule has 96 valence electrons. The van der Waals surface area contributed by atoms with Crippen LogP contribution in [-0.4, -0.2) is 35.6 Å². The van der Waals surface area contributed by atoms with E-state index in [0.29, 0.717) is 6.54 Å². The Morgan fingerprint density at radius 1 is 1.24 bits per heavy atom. The second kappa shape index (κ2) is 6.09. The minimum absolute atomic E-state index is 0.0936. The lowest BCUT2D eigenvalue weighted by Gasteiger charge is -2.08. The lowest BCUT2D eigenvalue weighted by Crippen LogP contribution is -3.05. The number of halogens is 1. The smallest absolute Gasteiger partial charge is 0.240 e. The van der Waals surface area contributed by atoms with Gasteiger partial charge in [-0.2, -0.15) is 0 Å². The number of benzene rings is 1. The van der Waals surface area contributed by atoms with Crippen molar-refractivity contribution in [2.45, 2.75) is 11.3 Å². The summed E-state index contributed by atoms with van der Waals surface area (Å²) in [6.45, 7) is 1.29. The Morgan fingerprint density at radius 3 is 2.35 bits per heavy atom. The maximum atomic E-state index is 12.7. The summed E-state index contributed by atoms with van der Waals surface area (Å²) in [5, 5.41) is 0. The molecule has 0 bridgehead atoms. The van der Waals surface area contributed by atoms with Crippen LogP contribution in [0.15, 0.2) is 29.2 Å². The third-order valence-electron chi connectivity index (χ3n) is 2.27. The van der Waals surface area contributed by atoms with E-state index in [1.54, 1.807) is 0 Å². The summed E-state index contributed by atoms with van der Waals surface area (Å²) < 4.78 is 38.6. The second-order valence-corrected chi connectivity index (χ2v) is 5.93. The number of hydrogen-bond donors (Lipinski definition) is 2. The zero-order chi connectivity index (χ0) is 12.9. The van der Waals surface area contributed by atoms with E-state index in [-0.39, 0.29) is 4.90 Å². The number of quaternary nitrogens is 1. The SMILES string of the molecule is C[NH+](C)CCCNS(=O)(=O)c1ccc(F)cc1. The minimum Gasteiger partial charge on any atom is -0.340 e. The first-order chi connectivity index (χ1) is 7.92. The van der Waals surface area contributed by atoms with Gasteiger partial charge in [-0.25, -0.2) is 17.5 Å². The lowest BCUT2D eigenvalue weighted by molar-refractivity contribution is -0.858. The normalized spacial score (nSPS) is 12.0. The summed E-state index contributed by atoms with van der Waals surface area (Å²) >= 11 is 0. The summed E-state index contributed by atoms with van der Waals surface area (Å²) in [4.78, 5) is 1.36. The molecule has 0 amide bonds. The maximum Gasteiger partial charge on any atom is 0.240 e. The van der Waals surface area contributed by atoms with Gasteiger partial charge in [-0.1, -0.05) is 0 Å². The minimum atomic E-state index is -3.50. The molecule has 0 saturated carbocycles. The van der Waals surface area contributed by atoms with E-state index >= 15 is 0 Å². The first-order valence-electron chi connectivity index (χ1n) is 5.46. The highest BCUT2D eigenvalue weighted by molar-refractivity contribution is 7.89. The standard InChI is InChI=1S/C11H17FN2O2S/c1-14(2)9-3-8-13-17(15,16)11-6-4-10(12)5-7-11/h4-7,13H,3,8-9H2,1-2H3/p+1. The van der Waals surface area contributed by atoms with Gasteiger partial charge in [0.2, 0.25) is 10.0 Å². The van der Waals surface area contributed by atoms with Gasteiger partial charge < -0.3 is 4.90 Å². The highest BCUT2D eigenvalue weighted by atomic mass is 32.2. The molecule has 0 unspecified atom stereocenters. The van der Waals surface area contributed by atoms with E-state index in [9.17, 15) is 12.8 Å². The number of hydrogen-bond acceptors (Lipinski definition) is 2. The van der Waals surface area contributed by atoms with Gasteiger partial charge in [-0.05, 0) is 24.3 Å². The molecule has 0 radical (unpaired) electrons. The Kier molecular flexibility index (Phi) is 5.04. The molecule has 1 aromatic rings. The van der Waals surface area contributed by atoms with Crippen molar-refractivity contribution in [3.8, 4) is 0 Å². The molecule has 6 heteroatoms. The summed E-state index contributed by atoms with van der Waals surface area (Å²) in [7, 11) is 0.516. The molecular weight excluding hydrogens is 243 g/mol. The largest absolute Gasteiger partial charge is 0.340 e. The van der Waals surface area contributed by atoms with Crippen molar-refractivity contribution in [3.63, 3.8) is 0 Å². The molecular formula is C11H18FN2O2S+. The molecule has 1 aromatic carbocycles. The molecule has 0 saturated heterocycles. The summed E-state index contributed by atoms with van der Waals surface area (Å²) in [5.41, 5.74) is 0. The molecule has 4 nitrogen and oxygen atoms in total. The van der Waals surface area contributed by atoms with Crippen LogP contribution >= 0.6 is 0 Å². The number of sulfonamides is 1. The fourth-order valence-electron chi connectivity index (χ4n) is 1.35. The monoisotopic (exact) mass is 261 g/mol. The number of rotatable bonds is 6. The molecule has 0 heterocycles. The van der Waals surface area contributed by atoms with Crippen LogP contribution in [0.25, 0.3) is 0 Å². The van der Waals surface area contributed by atoms with E-state index in [0.717, 1.165) is 25.1 Å². The van der Waals surface area contributed by atoms with E-state index in [1.807, 2.05) is 14.1 Å². The van der Waals surface area contributed by atoms with Crippen LogP contribution in [0.4, 0.5) is 4.39 Å². The van der Waals surface area contributed by atoms with Gasteiger partial charge >= 0.3 is 0 Å². The van der Waals surface area contributed by atoms with E-state index < -0.39 is 15.8 Å². The van der Waals surface area contributed by atoms with Crippen molar-refractivity contribution in [2.75, 3.05) is 27.2 Å². The first kappa shape index (κ1) is 14.1. The predicted molar refractivity (Wildman–Crippen MR) is 63.9 cm³/mol. The average molecular weight is 261 g/mol. The zero-order valence-corrected chi connectivity index (χ0v) is 10.8. The second-order valence-electron chi connectivity index (χ2n) is 4.16. The van der Waals surface area contributed by atoms with E-state index in [4.69, 9.17) is 0 Å². The predicted octanol–water partition coefficient (Wildman–Crippen LogP) is -0.361. The molecule has 2 N–H and O–H groups in total. The Morgan fingerprint density at radius 2 is 1.82 bits per heavy atom. The van der Waals surface area contributed by atoms with Gasteiger partial charge in [0, 0.05) is 13.0 Å². The summed E-state index contributed by atoms with van der Waals surface area (Å²) in [6.07, 6.45) is 0.767. The van der Waals surface area contributed by atoms with Crippen LogP contribution in [0.3, 0.4) is 0 Å². The van der Waals surface area contributed by atoms with Gasteiger partial charge in [-0.15, -0.1) is 0 Å². The third-order valence-corrected chi connectivity index (χ3v) is 3.75. The molecule has 0 aliphatic heterocycles. The molecule has 0 fully saturated rings. The fraction of sp³-hybridized carbons (Fsp3) is 0.455. The van der Waals surface area contributed by atoms with Crippen LogP contribution < -0.4 is 9.62 Å². The Bertz CT molecular complexity index is 443. The highest BCUT2D eigenvalue weighted by Crippen LogP contribution is 2.09. The van der Waals surface area contributed by atoms with Crippen molar-refractivity contribution in [2.24, 2.45) is 0 Å². The van der Waals surface area contributed by atoms with E-state index in [1.165, 1.54) is 17.0 Å². The van der Waals surface area contributed by atoms with Crippen molar-refractivity contribution in [1.29, 1.82) is 0 Å². The quantitative estimate of drug-likeness (QED) is 0.687. The van der Waals surface area contributed by atoms with Gasteiger partial charge in [0.1, 0.15) is 5.82 Å². The van der Waals surface area contributed by atoms with Crippen LogP contribution in [0.1, 0.15) is 6.42 Å². The van der Waals surface area contributed by atoms with Crippen LogP contribution in [0.5, 0.6) is 0 Å². The molecule has 0 spiro atoms. The van der Waals surface area contributed by atoms with Crippen molar-refractivity contribution in [1.82, 2.24) is 4.72 Å². The summed E-state index contributed by atoms with van der Waals surface area (Å²) in [5.74, 6) is -0.444. The molecule has 0 aromatic heterocycles. The molecule has 0 aliphatic rings. The third kappa shape index (κ3) is 4.80. The van der Waals surface area contributed by atoms with E-state index in [2.05, 4.69) is 4.72 Å². The fourth-order valence-corrected chi connectivity index (χ4v) is 2.42. The molecule has 0 aliphatic carbocycles. The van der Waals surface area contributed by atoms with Crippen LogP contribution in [0.2, 0.25) is 0 Å². The summed E-state index contributed by atoms with van der Waals surface area (Å²) in [6, 6.07) is 4.79. The highest BCUT2D eigenvalue weighted by Gasteiger charge is 2.12. The lowest BCUT2D eigenvalue weighted by atomic mass is 10.4. The van der Waals surface area contributed by atoms with Gasteiger partial charge in [0.25, 0.3) is 0 Å². The Balaban J connectivity index is 2.54. The molecule has 0 atom stereocenters.